The summed E-state index contributed by atoms with van der Waals surface area (Å²) in [5, 5.41) is 7.59. The van der Waals surface area contributed by atoms with Gasteiger partial charge in [0.05, 0.1) is 6.54 Å². The van der Waals surface area contributed by atoms with Crippen LogP contribution in [0.3, 0.4) is 0 Å². The number of para-hydroxylation sites is 1. The van der Waals surface area contributed by atoms with Gasteiger partial charge in [-0.25, -0.2) is 4.99 Å². The third-order valence-electron chi connectivity index (χ3n) is 4.78. The number of benzene rings is 1. The molecule has 1 aromatic heterocycles. The number of likely N-dealkylation sites (tertiary alicyclic amines) is 1. The largest absolute Gasteiger partial charge is 0.459 e. The molecule has 6 heteroatoms. The molecule has 6 nitrogen and oxygen atoms in total. The van der Waals surface area contributed by atoms with Crippen LogP contribution in [0.25, 0.3) is 11.0 Å². The Kier molecular flexibility index (Phi) is 6.15. The molecule has 0 radical (unpaired) electrons. The summed E-state index contributed by atoms with van der Waals surface area (Å²) in [6.07, 6.45) is 3.41. The SMILES string of the molecule is CCNC(=NCC(=O)N1CCCCC1)NCc1oc2ccccc2c1C. The lowest BCUT2D eigenvalue weighted by Gasteiger charge is -2.26. The molecule has 2 N–H and O–H groups in total. The number of furan rings is 1. The van der Waals surface area contributed by atoms with Gasteiger partial charge >= 0.3 is 0 Å². The van der Waals surface area contributed by atoms with Crippen LogP contribution in [-0.2, 0) is 11.3 Å². The molecule has 0 spiro atoms. The van der Waals surface area contributed by atoms with Crippen molar-refractivity contribution in [2.75, 3.05) is 26.2 Å². The van der Waals surface area contributed by atoms with Gasteiger partial charge in [0.2, 0.25) is 5.91 Å². The van der Waals surface area contributed by atoms with E-state index in [4.69, 9.17) is 4.42 Å². The van der Waals surface area contributed by atoms with Gasteiger partial charge in [-0.05, 0) is 39.2 Å². The lowest BCUT2D eigenvalue weighted by Crippen LogP contribution is -2.40. The van der Waals surface area contributed by atoms with E-state index in [0.717, 1.165) is 54.8 Å². The summed E-state index contributed by atoms with van der Waals surface area (Å²) >= 11 is 0. The average molecular weight is 356 g/mol. The van der Waals surface area contributed by atoms with Crippen LogP contribution in [-0.4, -0.2) is 42.9 Å². The minimum atomic E-state index is 0.0989. The van der Waals surface area contributed by atoms with Crippen LogP contribution < -0.4 is 10.6 Å². The predicted octanol–water partition coefficient (Wildman–Crippen LogP) is 2.81. The fourth-order valence-electron chi connectivity index (χ4n) is 3.29. The highest BCUT2D eigenvalue weighted by molar-refractivity contribution is 5.85. The minimum absolute atomic E-state index is 0.0989. The highest BCUT2D eigenvalue weighted by Crippen LogP contribution is 2.24. The fourth-order valence-corrected chi connectivity index (χ4v) is 3.29. The zero-order chi connectivity index (χ0) is 18.4. The Morgan fingerprint density at radius 1 is 1.19 bits per heavy atom. The highest BCUT2D eigenvalue weighted by atomic mass is 16.3. The van der Waals surface area contributed by atoms with E-state index in [2.05, 4.69) is 28.6 Å². The number of carbonyl (C=O) groups is 1. The first-order valence-electron chi connectivity index (χ1n) is 9.46. The van der Waals surface area contributed by atoms with Crippen LogP contribution in [0.15, 0.2) is 33.7 Å². The highest BCUT2D eigenvalue weighted by Gasteiger charge is 2.16. The lowest BCUT2D eigenvalue weighted by atomic mass is 10.1. The van der Waals surface area contributed by atoms with Crippen molar-refractivity contribution in [1.82, 2.24) is 15.5 Å². The fraction of sp³-hybridized carbons (Fsp3) is 0.500. The molecule has 0 saturated carbocycles. The number of guanidine groups is 1. The van der Waals surface area contributed by atoms with Crippen molar-refractivity contribution in [3.8, 4) is 0 Å². The van der Waals surface area contributed by atoms with E-state index >= 15 is 0 Å². The van der Waals surface area contributed by atoms with Crippen molar-refractivity contribution in [2.45, 2.75) is 39.7 Å². The molecule has 1 aliphatic heterocycles. The Morgan fingerprint density at radius 3 is 2.69 bits per heavy atom. The van der Waals surface area contributed by atoms with Gasteiger partial charge in [0.15, 0.2) is 5.96 Å². The monoisotopic (exact) mass is 356 g/mol. The number of fused-ring (bicyclic) bond motifs is 1. The number of aliphatic imine (C=N–C) groups is 1. The zero-order valence-electron chi connectivity index (χ0n) is 15.7. The second-order valence-electron chi connectivity index (χ2n) is 6.64. The third-order valence-corrected chi connectivity index (χ3v) is 4.78. The van der Waals surface area contributed by atoms with Crippen molar-refractivity contribution >= 4 is 22.8 Å². The normalized spacial score (nSPS) is 15.3. The number of piperidine rings is 1. The summed E-state index contributed by atoms with van der Waals surface area (Å²) in [4.78, 5) is 18.7. The first kappa shape index (κ1) is 18.3. The molecular weight excluding hydrogens is 328 g/mol. The van der Waals surface area contributed by atoms with Gasteiger partial charge in [-0.2, -0.15) is 0 Å². The van der Waals surface area contributed by atoms with Crippen molar-refractivity contribution < 1.29 is 9.21 Å². The summed E-state index contributed by atoms with van der Waals surface area (Å²) < 4.78 is 5.93. The van der Waals surface area contributed by atoms with E-state index in [0.29, 0.717) is 12.5 Å². The molecule has 2 heterocycles. The Hall–Kier alpha value is -2.50. The molecule has 140 valence electrons. The number of aryl methyl sites for hydroxylation is 1. The van der Waals surface area contributed by atoms with E-state index in [1.807, 2.05) is 30.0 Å². The molecule has 26 heavy (non-hydrogen) atoms. The van der Waals surface area contributed by atoms with E-state index in [1.165, 1.54) is 6.42 Å². The van der Waals surface area contributed by atoms with Crippen LogP contribution in [0.2, 0.25) is 0 Å². The average Bonchev–Trinajstić information content (AvgIpc) is 3.00. The van der Waals surface area contributed by atoms with Crippen LogP contribution in [0.1, 0.15) is 37.5 Å². The van der Waals surface area contributed by atoms with Gasteiger partial charge in [-0.3, -0.25) is 4.79 Å². The topological polar surface area (TPSA) is 69.9 Å². The van der Waals surface area contributed by atoms with Crippen LogP contribution in [0.4, 0.5) is 0 Å². The number of hydrogen-bond donors (Lipinski definition) is 2. The molecule has 0 bridgehead atoms. The van der Waals surface area contributed by atoms with Crippen molar-refractivity contribution in [3.05, 3.63) is 35.6 Å². The van der Waals surface area contributed by atoms with Gasteiger partial charge in [0, 0.05) is 30.6 Å². The molecule has 1 amide bonds. The summed E-state index contributed by atoms with van der Waals surface area (Å²) in [6, 6.07) is 8.02. The first-order valence-corrected chi connectivity index (χ1v) is 9.46. The summed E-state index contributed by atoms with van der Waals surface area (Å²) in [7, 11) is 0. The van der Waals surface area contributed by atoms with Gasteiger partial charge in [0.1, 0.15) is 17.9 Å². The third kappa shape index (κ3) is 4.36. The van der Waals surface area contributed by atoms with E-state index < -0.39 is 0 Å². The Labute approximate surface area is 154 Å². The van der Waals surface area contributed by atoms with Crippen molar-refractivity contribution in [2.24, 2.45) is 4.99 Å². The Bertz CT molecular complexity index is 775. The van der Waals surface area contributed by atoms with Gasteiger partial charge < -0.3 is 20.0 Å². The quantitative estimate of drug-likeness (QED) is 0.638. The molecule has 0 unspecified atom stereocenters. The number of hydrogen-bond acceptors (Lipinski definition) is 3. The summed E-state index contributed by atoms with van der Waals surface area (Å²) in [6.45, 7) is 7.23. The molecule has 1 aromatic carbocycles. The molecular formula is C20H28N4O2. The standard InChI is InChI=1S/C20H28N4O2/c1-3-21-20(23-14-19(25)24-11-7-4-8-12-24)22-13-18-15(2)16-9-5-6-10-17(16)26-18/h5-6,9-10H,3-4,7-8,11-14H2,1-2H3,(H2,21,22,23). The van der Waals surface area contributed by atoms with Crippen molar-refractivity contribution in [1.29, 1.82) is 0 Å². The molecule has 1 fully saturated rings. The van der Waals surface area contributed by atoms with E-state index in [9.17, 15) is 4.79 Å². The predicted molar refractivity (Wildman–Crippen MR) is 104 cm³/mol. The molecule has 3 rings (SSSR count). The molecule has 1 saturated heterocycles. The van der Waals surface area contributed by atoms with E-state index in [-0.39, 0.29) is 12.5 Å². The maximum atomic E-state index is 12.3. The van der Waals surface area contributed by atoms with E-state index in [1.54, 1.807) is 0 Å². The molecule has 2 aromatic rings. The number of carbonyl (C=O) groups excluding carboxylic acids is 1. The molecule has 1 aliphatic rings. The maximum Gasteiger partial charge on any atom is 0.244 e. The van der Waals surface area contributed by atoms with Crippen LogP contribution in [0, 0.1) is 6.92 Å². The number of nitrogens with zero attached hydrogens (tertiary/aromatic N) is 2. The smallest absolute Gasteiger partial charge is 0.244 e. The van der Waals surface area contributed by atoms with Crippen molar-refractivity contribution in [3.63, 3.8) is 0 Å². The summed E-state index contributed by atoms with van der Waals surface area (Å²) in [5.41, 5.74) is 2.03. The zero-order valence-corrected chi connectivity index (χ0v) is 15.7. The minimum Gasteiger partial charge on any atom is -0.459 e. The Morgan fingerprint density at radius 2 is 1.96 bits per heavy atom. The second-order valence-corrected chi connectivity index (χ2v) is 6.64. The number of amides is 1. The molecule has 0 aliphatic carbocycles. The van der Waals surface area contributed by atoms with Crippen LogP contribution in [0.5, 0.6) is 0 Å². The van der Waals surface area contributed by atoms with Crippen LogP contribution >= 0.6 is 0 Å². The summed E-state index contributed by atoms with van der Waals surface area (Å²) in [5.74, 6) is 1.62. The molecule has 0 atom stereocenters. The lowest BCUT2D eigenvalue weighted by molar-refractivity contribution is -0.130. The van der Waals surface area contributed by atoms with Gasteiger partial charge in [-0.1, -0.05) is 18.2 Å². The number of rotatable bonds is 5. The van der Waals surface area contributed by atoms with Gasteiger partial charge in [0.25, 0.3) is 0 Å². The first-order chi connectivity index (χ1) is 12.7. The maximum absolute atomic E-state index is 12.3. The Balaban J connectivity index is 1.61. The second kappa shape index (κ2) is 8.74. The van der Waals surface area contributed by atoms with Gasteiger partial charge in [-0.15, -0.1) is 0 Å². The number of nitrogens with one attached hydrogen (secondary N) is 2.